The standard InChI is InChI=1S/C13H19F3N4O/c1-3-8-6-10(19-18-8)12(21)17-9-4-5-11(13(14,15)16)20(2)7-9/h6,9,11H,3-5,7H2,1-2H3,(H,17,21)(H,18,19)/t9-,11-/m1/s1. The van der Waals surface area contributed by atoms with Crippen molar-refractivity contribution in [3.8, 4) is 0 Å². The Bertz CT molecular complexity index is 500. The minimum Gasteiger partial charge on any atom is -0.347 e. The molecule has 0 aromatic carbocycles. The molecule has 1 amide bonds. The molecule has 0 radical (unpaired) electrons. The van der Waals surface area contributed by atoms with Crippen molar-refractivity contribution in [3.05, 3.63) is 17.5 Å². The third-order valence-corrected chi connectivity index (χ3v) is 3.79. The Balaban J connectivity index is 1.92. The van der Waals surface area contributed by atoms with E-state index in [4.69, 9.17) is 0 Å². The first-order valence-electron chi connectivity index (χ1n) is 6.93. The lowest BCUT2D eigenvalue weighted by Gasteiger charge is -2.38. The van der Waals surface area contributed by atoms with Crippen molar-refractivity contribution in [1.29, 1.82) is 0 Å². The quantitative estimate of drug-likeness (QED) is 0.894. The van der Waals surface area contributed by atoms with Crippen molar-refractivity contribution in [3.63, 3.8) is 0 Å². The predicted octanol–water partition coefficient (Wildman–Crippen LogP) is 1.73. The lowest BCUT2D eigenvalue weighted by atomic mass is 9.98. The summed E-state index contributed by atoms with van der Waals surface area (Å²) in [7, 11) is 1.43. The van der Waals surface area contributed by atoms with E-state index >= 15 is 0 Å². The molecule has 0 saturated carbocycles. The van der Waals surface area contributed by atoms with Crippen molar-refractivity contribution in [2.75, 3.05) is 13.6 Å². The molecule has 2 rings (SSSR count). The molecule has 1 saturated heterocycles. The van der Waals surface area contributed by atoms with Crippen molar-refractivity contribution >= 4 is 5.91 Å². The lowest BCUT2D eigenvalue weighted by molar-refractivity contribution is -0.188. The maximum atomic E-state index is 12.7. The number of piperidine rings is 1. The van der Waals surface area contributed by atoms with Gasteiger partial charge in [0.15, 0.2) is 0 Å². The van der Waals surface area contributed by atoms with E-state index in [1.807, 2.05) is 6.92 Å². The number of amides is 1. The number of hydrogen-bond acceptors (Lipinski definition) is 3. The molecule has 0 aliphatic carbocycles. The fourth-order valence-corrected chi connectivity index (χ4v) is 2.60. The molecular weight excluding hydrogens is 285 g/mol. The zero-order chi connectivity index (χ0) is 15.6. The van der Waals surface area contributed by atoms with E-state index in [0.29, 0.717) is 6.42 Å². The van der Waals surface area contributed by atoms with Gasteiger partial charge >= 0.3 is 6.18 Å². The van der Waals surface area contributed by atoms with Crippen LogP contribution in [-0.4, -0.2) is 52.9 Å². The minimum absolute atomic E-state index is 0.00821. The number of alkyl halides is 3. The summed E-state index contributed by atoms with van der Waals surface area (Å²) in [6.07, 6.45) is -3.18. The molecule has 0 bridgehead atoms. The summed E-state index contributed by atoms with van der Waals surface area (Å²) in [5.41, 5.74) is 1.12. The highest BCUT2D eigenvalue weighted by Gasteiger charge is 2.44. The molecule has 0 spiro atoms. The average Bonchev–Trinajstić information content (AvgIpc) is 2.86. The number of nitrogens with zero attached hydrogens (tertiary/aromatic N) is 2. The Morgan fingerprint density at radius 3 is 2.76 bits per heavy atom. The van der Waals surface area contributed by atoms with Crippen LogP contribution in [0, 0.1) is 0 Å². The maximum absolute atomic E-state index is 12.7. The van der Waals surface area contributed by atoms with Crippen molar-refractivity contribution in [1.82, 2.24) is 20.4 Å². The molecule has 5 nitrogen and oxygen atoms in total. The zero-order valence-electron chi connectivity index (χ0n) is 12.0. The Morgan fingerprint density at radius 2 is 2.24 bits per heavy atom. The number of aromatic nitrogens is 2. The van der Waals surface area contributed by atoms with Crippen molar-refractivity contribution < 1.29 is 18.0 Å². The van der Waals surface area contributed by atoms with Gasteiger partial charge in [-0.3, -0.25) is 14.8 Å². The second-order valence-electron chi connectivity index (χ2n) is 5.38. The third kappa shape index (κ3) is 3.75. The summed E-state index contributed by atoms with van der Waals surface area (Å²) >= 11 is 0. The first kappa shape index (κ1) is 15.8. The first-order valence-corrected chi connectivity index (χ1v) is 6.93. The van der Waals surface area contributed by atoms with Gasteiger partial charge in [-0.1, -0.05) is 6.92 Å². The van der Waals surface area contributed by atoms with E-state index < -0.39 is 12.2 Å². The number of rotatable bonds is 3. The van der Waals surface area contributed by atoms with Gasteiger partial charge in [-0.2, -0.15) is 18.3 Å². The largest absolute Gasteiger partial charge is 0.404 e. The number of halogens is 3. The Kier molecular flexibility index (Phi) is 4.55. The van der Waals surface area contributed by atoms with Crippen LogP contribution in [0.15, 0.2) is 6.07 Å². The van der Waals surface area contributed by atoms with E-state index in [0.717, 1.165) is 12.1 Å². The molecule has 2 N–H and O–H groups in total. The molecule has 2 heterocycles. The summed E-state index contributed by atoms with van der Waals surface area (Å²) < 4.78 is 38.2. The Morgan fingerprint density at radius 1 is 1.52 bits per heavy atom. The van der Waals surface area contributed by atoms with Gasteiger partial charge in [0.1, 0.15) is 11.7 Å². The van der Waals surface area contributed by atoms with Crippen LogP contribution in [0.25, 0.3) is 0 Å². The van der Waals surface area contributed by atoms with Gasteiger partial charge in [-0.15, -0.1) is 0 Å². The molecule has 118 valence electrons. The molecule has 1 aromatic rings. The number of aromatic amines is 1. The maximum Gasteiger partial charge on any atom is 0.404 e. The molecule has 0 unspecified atom stereocenters. The van der Waals surface area contributed by atoms with Crippen LogP contribution >= 0.6 is 0 Å². The fourth-order valence-electron chi connectivity index (χ4n) is 2.60. The molecule has 2 atom stereocenters. The highest BCUT2D eigenvalue weighted by Crippen LogP contribution is 2.30. The van der Waals surface area contributed by atoms with Crippen LogP contribution in [0.3, 0.4) is 0 Å². The number of nitrogens with one attached hydrogen (secondary N) is 2. The van der Waals surface area contributed by atoms with Gasteiger partial charge in [0.25, 0.3) is 5.91 Å². The molecule has 8 heteroatoms. The molecule has 1 fully saturated rings. The SMILES string of the molecule is CCc1cc(C(=O)N[C@@H]2CC[C@H](C(F)(F)F)N(C)C2)n[nH]1. The summed E-state index contributed by atoms with van der Waals surface area (Å²) in [6.45, 7) is 2.11. The second-order valence-corrected chi connectivity index (χ2v) is 5.38. The lowest BCUT2D eigenvalue weighted by Crippen LogP contribution is -2.54. The number of H-pyrrole nitrogens is 1. The normalized spacial score (nSPS) is 24.0. The topological polar surface area (TPSA) is 61.0 Å². The minimum atomic E-state index is -4.22. The van der Waals surface area contributed by atoms with Crippen LogP contribution in [0.5, 0.6) is 0 Å². The zero-order valence-corrected chi connectivity index (χ0v) is 12.0. The summed E-state index contributed by atoms with van der Waals surface area (Å²) in [5.74, 6) is -0.352. The van der Waals surface area contributed by atoms with E-state index in [-0.39, 0.29) is 30.6 Å². The number of carbonyl (C=O) groups is 1. The number of hydrogen-bond donors (Lipinski definition) is 2. The third-order valence-electron chi connectivity index (χ3n) is 3.79. The first-order chi connectivity index (χ1) is 9.81. The van der Waals surface area contributed by atoms with Gasteiger partial charge in [-0.25, -0.2) is 0 Å². The number of likely N-dealkylation sites (N-methyl/N-ethyl adjacent to an activating group) is 1. The number of aryl methyl sites for hydroxylation is 1. The highest BCUT2D eigenvalue weighted by molar-refractivity contribution is 5.92. The smallest absolute Gasteiger partial charge is 0.347 e. The van der Waals surface area contributed by atoms with Gasteiger partial charge in [-0.05, 0) is 32.4 Å². The molecule has 21 heavy (non-hydrogen) atoms. The van der Waals surface area contributed by atoms with Crippen LogP contribution in [0.4, 0.5) is 13.2 Å². The second kappa shape index (κ2) is 6.05. The predicted molar refractivity (Wildman–Crippen MR) is 70.9 cm³/mol. The molecular formula is C13H19F3N4O. The van der Waals surface area contributed by atoms with Crippen LogP contribution < -0.4 is 5.32 Å². The monoisotopic (exact) mass is 304 g/mol. The summed E-state index contributed by atoms with van der Waals surface area (Å²) in [4.78, 5) is 13.2. The Hall–Kier alpha value is -1.57. The summed E-state index contributed by atoms with van der Waals surface area (Å²) in [6, 6.07) is -0.0639. The summed E-state index contributed by atoms with van der Waals surface area (Å²) in [5, 5.41) is 9.38. The van der Waals surface area contributed by atoms with E-state index in [1.165, 1.54) is 11.9 Å². The van der Waals surface area contributed by atoms with Crippen molar-refractivity contribution in [2.24, 2.45) is 0 Å². The Labute approximate surface area is 120 Å². The van der Waals surface area contributed by atoms with Crippen molar-refractivity contribution in [2.45, 2.75) is 44.4 Å². The molecule has 1 aliphatic heterocycles. The van der Waals surface area contributed by atoms with Gasteiger partial charge in [0.05, 0.1) is 0 Å². The molecule has 1 aromatic heterocycles. The van der Waals surface area contributed by atoms with Crippen LogP contribution in [0.2, 0.25) is 0 Å². The van der Waals surface area contributed by atoms with Crippen LogP contribution in [-0.2, 0) is 6.42 Å². The fraction of sp³-hybridized carbons (Fsp3) is 0.692. The van der Waals surface area contributed by atoms with Crippen LogP contribution in [0.1, 0.15) is 35.9 Å². The number of likely N-dealkylation sites (tertiary alicyclic amines) is 1. The van der Waals surface area contributed by atoms with Gasteiger partial charge < -0.3 is 5.32 Å². The highest BCUT2D eigenvalue weighted by atomic mass is 19.4. The van der Waals surface area contributed by atoms with E-state index in [2.05, 4.69) is 15.5 Å². The van der Waals surface area contributed by atoms with Gasteiger partial charge in [0, 0.05) is 18.3 Å². The number of carbonyl (C=O) groups excluding carboxylic acids is 1. The van der Waals surface area contributed by atoms with Gasteiger partial charge in [0.2, 0.25) is 0 Å². The van der Waals surface area contributed by atoms with E-state index in [1.54, 1.807) is 6.07 Å². The average molecular weight is 304 g/mol. The van der Waals surface area contributed by atoms with E-state index in [9.17, 15) is 18.0 Å². The molecule has 1 aliphatic rings.